The molecule has 1 fully saturated rings. The maximum absolute atomic E-state index is 12.8. The van der Waals surface area contributed by atoms with Crippen LogP contribution >= 0.6 is 11.5 Å². The van der Waals surface area contributed by atoms with E-state index in [1.165, 1.54) is 34.8 Å². The summed E-state index contributed by atoms with van der Waals surface area (Å²) in [4.78, 5) is 21.4. The highest BCUT2D eigenvalue weighted by atomic mass is 32.1. The molecule has 34 heavy (non-hydrogen) atoms. The maximum atomic E-state index is 12.8. The van der Waals surface area contributed by atoms with E-state index in [4.69, 9.17) is 4.98 Å². The van der Waals surface area contributed by atoms with E-state index in [2.05, 4.69) is 50.7 Å². The lowest BCUT2D eigenvalue weighted by atomic mass is 10.1. The molecule has 3 aromatic rings. The van der Waals surface area contributed by atoms with E-state index in [0.29, 0.717) is 19.5 Å². The monoisotopic (exact) mass is 489 g/mol. The van der Waals surface area contributed by atoms with Crippen LogP contribution in [-0.4, -0.2) is 59.4 Å². The van der Waals surface area contributed by atoms with Crippen LogP contribution in [-0.2, 0) is 12.6 Å². The Hall–Kier alpha value is -2.98. The first-order chi connectivity index (χ1) is 16.3. The van der Waals surface area contributed by atoms with Crippen molar-refractivity contribution in [3.63, 3.8) is 0 Å². The van der Waals surface area contributed by atoms with Crippen molar-refractivity contribution in [3.8, 4) is 0 Å². The Kier molecular flexibility index (Phi) is 7.47. The Morgan fingerprint density at radius 1 is 1.09 bits per heavy atom. The van der Waals surface area contributed by atoms with Crippen LogP contribution in [0.3, 0.4) is 0 Å². The summed E-state index contributed by atoms with van der Waals surface area (Å²) < 4.78 is 43.0. The van der Waals surface area contributed by atoms with Crippen molar-refractivity contribution < 1.29 is 18.0 Å². The summed E-state index contributed by atoms with van der Waals surface area (Å²) in [7, 11) is 0. The number of piperazine rings is 1. The second-order valence-electron chi connectivity index (χ2n) is 8.32. The number of aryl methyl sites for hydroxylation is 1. The summed E-state index contributed by atoms with van der Waals surface area (Å²) >= 11 is 1.41. The van der Waals surface area contributed by atoms with Gasteiger partial charge < -0.3 is 10.2 Å². The number of nitrogens with one attached hydrogen (secondary N) is 1. The molecule has 0 aliphatic carbocycles. The molecule has 2 heterocycles. The highest BCUT2D eigenvalue weighted by Gasteiger charge is 2.31. The molecule has 10 heteroatoms. The van der Waals surface area contributed by atoms with Crippen LogP contribution in [0.25, 0.3) is 0 Å². The zero-order valence-electron chi connectivity index (χ0n) is 18.8. The molecule has 2 aromatic carbocycles. The maximum Gasteiger partial charge on any atom is 0.416 e. The quantitative estimate of drug-likeness (QED) is 0.544. The molecule has 1 saturated heterocycles. The SMILES string of the molecule is Cc1ccc(Cc2nsc(N3CCN(CCNC(=O)c4cccc(C(F)(F)F)c4)CC3)n2)cc1. The summed E-state index contributed by atoms with van der Waals surface area (Å²) in [5.41, 5.74) is 1.60. The molecular weight excluding hydrogens is 463 g/mol. The van der Waals surface area contributed by atoms with Crippen molar-refractivity contribution in [3.05, 3.63) is 76.6 Å². The van der Waals surface area contributed by atoms with Gasteiger partial charge in [-0.25, -0.2) is 4.98 Å². The Morgan fingerprint density at radius 3 is 2.53 bits per heavy atom. The predicted octanol–water partition coefficient (Wildman–Crippen LogP) is 4.01. The predicted molar refractivity (Wildman–Crippen MR) is 126 cm³/mol. The van der Waals surface area contributed by atoms with E-state index in [0.717, 1.165) is 49.3 Å². The van der Waals surface area contributed by atoms with Gasteiger partial charge in [-0.2, -0.15) is 17.5 Å². The lowest BCUT2D eigenvalue weighted by Gasteiger charge is -2.34. The van der Waals surface area contributed by atoms with Gasteiger partial charge in [-0.1, -0.05) is 35.9 Å². The number of benzene rings is 2. The number of carbonyl (C=O) groups excluding carboxylic acids is 1. The number of hydrogen-bond acceptors (Lipinski definition) is 6. The van der Waals surface area contributed by atoms with Crippen molar-refractivity contribution >= 4 is 22.6 Å². The highest BCUT2D eigenvalue weighted by Crippen LogP contribution is 2.29. The van der Waals surface area contributed by atoms with Gasteiger partial charge in [-0.3, -0.25) is 9.69 Å². The fourth-order valence-corrected chi connectivity index (χ4v) is 4.50. The van der Waals surface area contributed by atoms with Gasteiger partial charge in [0.05, 0.1) is 5.56 Å². The average molecular weight is 490 g/mol. The molecular formula is C24H26F3N5OS. The second-order valence-corrected chi connectivity index (χ2v) is 9.05. The van der Waals surface area contributed by atoms with Crippen molar-refractivity contribution in [2.75, 3.05) is 44.2 Å². The summed E-state index contributed by atoms with van der Waals surface area (Å²) in [6.07, 6.45) is -3.76. The Labute approximate surface area is 200 Å². The third kappa shape index (κ3) is 6.32. The first kappa shape index (κ1) is 24.2. The van der Waals surface area contributed by atoms with Crippen molar-refractivity contribution in [1.82, 2.24) is 19.6 Å². The van der Waals surface area contributed by atoms with Crippen LogP contribution in [0.5, 0.6) is 0 Å². The standard InChI is InChI=1S/C24H26F3N5OS/c1-17-5-7-18(8-6-17)15-21-29-23(34-30-21)32-13-11-31(12-14-32)10-9-28-22(33)19-3-2-4-20(16-19)24(25,26)27/h2-8,16H,9-15H2,1H3,(H,28,33). The summed E-state index contributed by atoms with van der Waals surface area (Å²) in [5.74, 6) is 0.322. The largest absolute Gasteiger partial charge is 0.416 e. The molecule has 1 amide bonds. The highest BCUT2D eigenvalue weighted by molar-refractivity contribution is 7.09. The van der Waals surface area contributed by atoms with E-state index < -0.39 is 17.6 Å². The number of hydrogen-bond donors (Lipinski definition) is 1. The molecule has 1 aliphatic heterocycles. The van der Waals surface area contributed by atoms with Crippen LogP contribution in [0, 0.1) is 6.92 Å². The molecule has 1 N–H and O–H groups in total. The number of carbonyl (C=O) groups is 1. The number of amides is 1. The minimum atomic E-state index is -4.47. The van der Waals surface area contributed by atoms with Crippen LogP contribution in [0.1, 0.15) is 32.9 Å². The molecule has 1 aliphatic rings. The smallest absolute Gasteiger partial charge is 0.351 e. The fraction of sp³-hybridized carbons (Fsp3) is 0.375. The minimum absolute atomic E-state index is 0.0114. The molecule has 0 unspecified atom stereocenters. The van der Waals surface area contributed by atoms with E-state index in [9.17, 15) is 18.0 Å². The lowest BCUT2D eigenvalue weighted by molar-refractivity contribution is -0.137. The summed E-state index contributed by atoms with van der Waals surface area (Å²) in [6.45, 7) is 6.30. The van der Waals surface area contributed by atoms with Gasteiger partial charge in [0, 0.05) is 62.8 Å². The number of alkyl halides is 3. The third-order valence-electron chi connectivity index (χ3n) is 5.75. The third-order valence-corrected chi connectivity index (χ3v) is 6.56. The van der Waals surface area contributed by atoms with Crippen LogP contribution in [0.15, 0.2) is 48.5 Å². The van der Waals surface area contributed by atoms with Gasteiger partial charge in [-0.05, 0) is 30.7 Å². The molecule has 0 spiro atoms. The topological polar surface area (TPSA) is 61.4 Å². The van der Waals surface area contributed by atoms with Crippen LogP contribution < -0.4 is 10.2 Å². The molecule has 1 aromatic heterocycles. The second kappa shape index (κ2) is 10.5. The number of halogens is 3. The molecule has 180 valence electrons. The zero-order chi connectivity index (χ0) is 24.1. The van der Waals surface area contributed by atoms with Gasteiger partial charge >= 0.3 is 6.18 Å². The molecule has 4 rings (SSSR count). The molecule has 0 saturated carbocycles. The number of anilines is 1. The van der Waals surface area contributed by atoms with E-state index in [-0.39, 0.29) is 5.56 Å². The van der Waals surface area contributed by atoms with Gasteiger partial charge in [0.2, 0.25) is 5.13 Å². The van der Waals surface area contributed by atoms with Gasteiger partial charge in [0.1, 0.15) is 5.82 Å². The van der Waals surface area contributed by atoms with E-state index in [1.54, 1.807) is 0 Å². The molecule has 0 radical (unpaired) electrons. The van der Waals surface area contributed by atoms with Gasteiger partial charge in [0.25, 0.3) is 5.91 Å². The summed E-state index contributed by atoms with van der Waals surface area (Å²) in [5, 5.41) is 3.63. The average Bonchev–Trinajstić information content (AvgIpc) is 3.29. The van der Waals surface area contributed by atoms with Crippen LogP contribution in [0.2, 0.25) is 0 Å². The van der Waals surface area contributed by atoms with E-state index in [1.807, 2.05) is 0 Å². The minimum Gasteiger partial charge on any atom is -0.351 e. The first-order valence-corrected chi connectivity index (χ1v) is 11.9. The molecule has 0 atom stereocenters. The lowest BCUT2D eigenvalue weighted by Crippen LogP contribution is -2.48. The number of rotatable bonds is 7. The normalized spacial score (nSPS) is 14.9. The molecule has 0 bridgehead atoms. The number of nitrogens with zero attached hydrogens (tertiary/aromatic N) is 4. The Balaban J connectivity index is 1.21. The Bertz CT molecular complexity index is 1110. The van der Waals surface area contributed by atoms with Crippen molar-refractivity contribution in [1.29, 1.82) is 0 Å². The fourth-order valence-electron chi connectivity index (χ4n) is 3.76. The molecule has 6 nitrogen and oxygen atoms in total. The van der Waals surface area contributed by atoms with E-state index >= 15 is 0 Å². The van der Waals surface area contributed by atoms with Gasteiger partial charge in [-0.15, -0.1) is 0 Å². The van der Waals surface area contributed by atoms with Crippen molar-refractivity contribution in [2.24, 2.45) is 0 Å². The first-order valence-electron chi connectivity index (χ1n) is 11.1. The summed E-state index contributed by atoms with van der Waals surface area (Å²) in [6, 6.07) is 12.8. The number of aromatic nitrogens is 2. The van der Waals surface area contributed by atoms with Crippen LogP contribution in [0.4, 0.5) is 18.3 Å². The van der Waals surface area contributed by atoms with Gasteiger partial charge in [0.15, 0.2) is 0 Å². The van der Waals surface area contributed by atoms with Crippen molar-refractivity contribution in [2.45, 2.75) is 19.5 Å². The Morgan fingerprint density at radius 2 is 1.82 bits per heavy atom. The zero-order valence-corrected chi connectivity index (χ0v) is 19.6.